The average molecular weight is 445 g/mol. The minimum Gasteiger partial charge on any atom is -0.457 e. The molecule has 9 nitrogen and oxygen atoms in total. The van der Waals surface area contributed by atoms with Crippen LogP contribution in [0.25, 0.3) is 0 Å². The molecule has 0 radical (unpaired) electrons. The number of carbonyl (C=O) groups excluding carboxylic acids is 2. The number of benzene rings is 2. The lowest BCUT2D eigenvalue weighted by Crippen LogP contribution is -2.65. The first-order valence-electron chi connectivity index (χ1n) is 10.2. The molecule has 0 bridgehead atoms. The molecule has 1 aliphatic heterocycles. The van der Waals surface area contributed by atoms with E-state index in [1.54, 1.807) is 12.1 Å². The Morgan fingerprint density at radius 1 is 0.969 bits per heavy atom. The van der Waals surface area contributed by atoms with Gasteiger partial charge in [-0.3, -0.25) is 4.79 Å². The minimum atomic E-state index is -1.56. The van der Waals surface area contributed by atoms with Crippen LogP contribution in [0.1, 0.15) is 18.1 Å². The number of hydrogen-bond acceptors (Lipinski definition) is 8. The third-order valence-corrected chi connectivity index (χ3v) is 4.89. The van der Waals surface area contributed by atoms with Crippen LogP contribution >= 0.6 is 0 Å². The second kappa shape index (κ2) is 11.6. The Labute approximate surface area is 185 Å². The van der Waals surface area contributed by atoms with Crippen molar-refractivity contribution in [2.24, 2.45) is 0 Å². The monoisotopic (exact) mass is 445 g/mol. The Bertz CT molecular complexity index is 863. The summed E-state index contributed by atoms with van der Waals surface area (Å²) in [6.45, 7) is 1.39. The quantitative estimate of drug-likeness (QED) is 0.523. The molecule has 1 aliphatic rings. The zero-order valence-electron chi connectivity index (χ0n) is 17.6. The number of aliphatic hydroxyl groups excluding tert-OH is 2. The van der Waals surface area contributed by atoms with Gasteiger partial charge in [0.15, 0.2) is 12.4 Å². The van der Waals surface area contributed by atoms with Gasteiger partial charge in [-0.1, -0.05) is 60.7 Å². The van der Waals surface area contributed by atoms with Gasteiger partial charge in [0.2, 0.25) is 0 Å². The van der Waals surface area contributed by atoms with E-state index in [-0.39, 0.29) is 19.8 Å². The SMILES string of the molecule is CC(=O)OC1C(NC(=O)OCc2ccccc2)[C@H](O)OC(COCc2ccccc2)[C@H]1O. The summed E-state index contributed by atoms with van der Waals surface area (Å²) in [6.07, 6.45) is -6.00. The van der Waals surface area contributed by atoms with E-state index in [1.165, 1.54) is 6.92 Å². The Kier molecular flexibility index (Phi) is 8.57. The number of ether oxygens (including phenoxy) is 4. The smallest absolute Gasteiger partial charge is 0.407 e. The highest BCUT2D eigenvalue weighted by atomic mass is 16.6. The molecule has 2 aromatic carbocycles. The molecular formula is C23H27NO8. The summed E-state index contributed by atoms with van der Waals surface area (Å²) >= 11 is 0. The van der Waals surface area contributed by atoms with Crippen LogP contribution in [0, 0.1) is 0 Å². The van der Waals surface area contributed by atoms with Gasteiger partial charge in [0.1, 0.15) is 24.9 Å². The summed E-state index contributed by atoms with van der Waals surface area (Å²) in [4.78, 5) is 23.8. The fraction of sp³-hybridized carbons (Fsp3) is 0.391. The Hall–Kier alpha value is -2.98. The highest BCUT2D eigenvalue weighted by molar-refractivity contribution is 5.68. The van der Waals surface area contributed by atoms with Crippen molar-refractivity contribution in [2.75, 3.05) is 6.61 Å². The van der Waals surface area contributed by atoms with Gasteiger partial charge in [-0.05, 0) is 11.1 Å². The Balaban J connectivity index is 1.58. The lowest BCUT2D eigenvalue weighted by Gasteiger charge is -2.42. The van der Waals surface area contributed by atoms with Gasteiger partial charge in [0.05, 0.1) is 13.2 Å². The van der Waals surface area contributed by atoms with Crippen LogP contribution in [-0.4, -0.2) is 59.5 Å². The predicted octanol–water partition coefficient (Wildman–Crippen LogP) is 1.51. The summed E-state index contributed by atoms with van der Waals surface area (Å²) in [5.41, 5.74) is 1.70. The van der Waals surface area contributed by atoms with Crippen LogP contribution < -0.4 is 5.32 Å². The normalized spacial score (nSPS) is 25.0. The molecule has 3 N–H and O–H groups in total. The number of rotatable bonds is 8. The van der Waals surface area contributed by atoms with E-state index < -0.39 is 42.7 Å². The zero-order valence-corrected chi connectivity index (χ0v) is 17.6. The van der Waals surface area contributed by atoms with Crippen molar-refractivity contribution >= 4 is 12.1 Å². The predicted molar refractivity (Wildman–Crippen MR) is 112 cm³/mol. The number of aliphatic hydroxyl groups is 2. The van der Waals surface area contributed by atoms with Crippen LogP contribution in [0.15, 0.2) is 60.7 Å². The number of nitrogens with one attached hydrogen (secondary N) is 1. The van der Waals surface area contributed by atoms with Crippen molar-refractivity contribution in [3.8, 4) is 0 Å². The molecule has 1 amide bonds. The average Bonchev–Trinajstić information content (AvgIpc) is 2.79. The molecule has 2 aromatic rings. The van der Waals surface area contributed by atoms with Crippen molar-refractivity contribution in [1.29, 1.82) is 0 Å². The van der Waals surface area contributed by atoms with Gasteiger partial charge >= 0.3 is 12.1 Å². The Morgan fingerprint density at radius 3 is 2.16 bits per heavy atom. The van der Waals surface area contributed by atoms with Crippen LogP contribution in [-0.2, 0) is 37.0 Å². The van der Waals surface area contributed by atoms with Crippen molar-refractivity contribution in [2.45, 2.75) is 50.8 Å². The van der Waals surface area contributed by atoms with Gasteiger partial charge in [-0.25, -0.2) is 4.79 Å². The Morgan fingerprint density at radius 2 is 1.56 bits per heavy atom. The van der Waals surface area contributed by atoms with Crippen molar-refractivity contribution in [3.05, 3.63) is 71.8 Å². The molecule has 1 fully saturated rings. The molecular weight excluding hydrogens is 418 g/mol. The molecule has 1 saturated heterocycles. The maximum atomic E-state index is 12.2. The van der Waals surface area contributed by atoms with Gasteiger partial charge in [0, 0.05) is 6.92 Å². The van der Waals surface area contributed by atoms with Crippen LogP contribution in [0.2, 0.25) is 0 Å². The third kappa shape index (κ3) is 6.76. The van der Waals surface area contributed by atoms with E-state index >= 15 is 0 Å². The summed E-state index contributed by atoms with van der Waals surface area (Å²) < 4.78 is 21.4. The zero-order chi connectivity index (χ0) is 22.9. The highest BCUT2D eigenvalue weighted by Crippen LogP contribution is 2.24. The van der Waals surface area contributed by atoms with Crippen LogP contribution in [0.5, 0.6) is 0 Å². The van der Waals surface area contributed by atoms with Crippen molar-refractivity contribution < 1.29 is 38.7 Å². The summed E-state index contributed by atoms with van der Waals surface area (Å²) in [6, 6.07) is 17.2. The second-order valence-electron chi connectivity index (χ2n) is 7.36. The molecule has 0 aromatic heterocycles. The number of carbonyl (C=O) groups is 2. The van der Waals surface area contributed by atoms with E-state index in [1.807, 2.05) is 48.5 Å². The number of amides is 1. The van der Waals surface area contributed by atoms with Gasteiger partial charge < -0.3 is 34.5 Å². The molecule has 0 aliphatic carbocycles. The molecule has 0 saturated carbocycles. The second-order valence-corrected chi connectivity index (χ2v) is 7.36. The molecule has 9 heteroatoms. The van der Waals surface area contributed by atoms with E-state index in [4.69, 9.17) is 18.9 Å². The number of esters is 1. The molecule has 3 rings (SSSR count). The van der Waals surface area contributed by atoms with Crippen molar-refractivity contribution in [1.82, 2.24) is 5.32 Å². The molecule has 32 heavy (non-hydrogen) atoms. The summed E-state index contributed by atoms with van der Waals surface area (Å²) in [7, 11) is 0. The highest BCUT2D eigenvalue weighted by Gasteiger charge is 2.47. The first-order chi connectivity index (χ1) is 15.4. The van der Waals surface area contributed by atoms with E-state index in [2.05, 4.69) is 5.32 Å². The van der Waals surface area contributed by atoms with E-state index in [9.17, 15) is 19.8 Å². The molecule has 3 unspecified atom stereocenters. The van der Waals surface area contributed by atoms with Gasteiger partial charge in [-0.15, -0.1) is 0 Å². The maximum absolute atomic E-state index is 12.2. The number of hydrogen-bond donors (Lipinski definition) is 3. The maximum Gasteiger partial charge on any atom is 0.407 e. The molecule has 172 valence electrons. The molecule has 5 atom stereocenters. The van der Waals surface area contributed by atoms with Crippen LogP contribution in [0.3, 0.4) is 0 Å². The molecule has 0 spiro atoms. The number of alkyl carbamates (subject to hydrolysis) is 1. The van der Waals surface area contributed by atoms with E-state index in [0.29, 0.717) is 0 Å². The standard InChI is InChI=1S/C23H27NO8/c1-15(25)31-21-19(24-23(28)30-13-17-10-6-3-7-11-17)22(27)32-18(20(21)26)14-29-12-16-8-4-2-5-9-16/h2-11,18-22,26-27H,12-14H2,1H3,(H,24,28)/t18?,19?,20-,21?,22-/m1/s1. The summed E-state index contributed by atoms with van der Waals surface area (Å²) in [5, 5.41) is 23.6. The first kappa shape index (κ1) is 23.7. The largest absolute Gasteiger partial charge is 0.457 e. The van der Waals surface area contributed by atoms with Crippen molar-refractivity contribution in [3.63, 3.8) is 0 Å². The topological polar surface area (TPSA) is 124 Å². The third-order valence-electron chi connectivity index (χ3n) is 4.89. The lowest BCUT2D eigenvalue weighted by atomic mass is 9.97. The fourth-order valence-corrected chi connectivity index (χ4v) is 3.32. The summed E-state index contributed by atoms with van der Waals surface area (Å²) in [5.74, 6) is -0.684. The van der Waals surface area contributed by atoms with Gasteiger partial charge in [-0.2, -0.15) is 0 Å². The molecule has 1 heterocycles. The van der Waals surface area contributed by atoms with Gasteiger partial charge in [0.25, 0.3) is 0 Å². The first-order valence-corrected chi connectivity index (χ1v) is 10.2. The fourth-order valence-electron chi connectivity index (χ4n) is 3.32. The van der Waals surface area contributed by atoms with E-state index in [0.717, 1.165) is 11.1 Å². The minimum absolute atomic E-state index is 0.00703. The van der Waals surface area contributed by atoms with Crippen LogP contribution in [0.4, 0.5) is 4.79 Å². The lowest BCUT2D eigenvalue weighted by molar-refractivity contribution is -0.260.